The van der Waals surface area contributed by atoms with Crippen molar-refractivity contribution in [2.45, 2.75) is 40.0 Å². The van der Waals surface area contributed by atoms with Crippen LogP contribution in [0.3, 0.4) is 0 Å². The van der Waals surface area contributed by atoms with Crippen LogP contribution in [0.5, 0.6) is 0 Å². The van der Waals surface area contributed by atoms with E-state index in [1.807, 2.05) is 0 Å². The SMILES string of the molecule is CCCC1CNCC1(C)CC. The lowest BCUT2D eigenvalue weighted by molar-refractivity contribution is 0.232. The molecule has 66 valence electrons. The Morgan fingerprint density at radius 2 is 2.18 bits per heavy atom. The van der Waals surface area contributed by atoms with Crippen LogP contribution in [-0.4, -0.2) is 13.1 Å². The van der Waals surface area contributed by atoms with Crippen LogP contribution in [0.25, 0.3) is 0 Å². The van der Waals surface area contributed by atoms with Crippen molar-refractivity contribution >= 4 is 0 Å². The van der Waals surface area contributed by atoms with E-state index in [0.717, 1.165) is 5.92 Å². The molecule has 1 aliphatic heterocycles. The van der Waals surface area contributed by atoms with Crippen LogP contribution in [0, 0.1) is 11.3 Å². The molecule has 0 saturated carbocycles. The van der Waals surface area contributed by atoms with Gasteiger partial charge in [-0.15, -0.1) is 0 Å². The zero-order valence-electron chi connectivity index (χ0n) is 8.11. The zero-order valence-corrected chi connectivity index (χ0v) is 8.11. The van der Waals surface area contributed by atoms with Gasteiger partial charge in [0.2, 0.25) is 0 Å². The molecule has 1 fully saturated rings. The van der Waals surface area contributed by atoms with Crippen molar-refractivity contribution in [2.75, 3.05) is 13.1 Å². The predicted octanol–water partition coefficient (Wildman–Crippen LogP) is 2.42. The van der Waals surface area contributed by atoms with E-state index < -0.39 is 0 Å². The third-order valence-electron chi connectivity index (χ3n) is 3.35. The van der Waals surface area contributed by atoms with Gasteiger partial charge in [0.25, 0.3) is 0 Å². The molecule has 1 N–H and O–H groups in total. The first-order valence-corrected chi connectivity index (χ1v) is 4.93. The van der Waals surface area contributed by atoms with E-state index in [1.54, 1.807) is 0 Å². The van der Waals surface area contributed by atoms with Crippen molar-refractivity contribution in [1.29, 1.82) is 0 Å². The average molecular weight is 155 g/mol. The van der Waals surface area contributed by atoms with E-state index in [4.69, 9.17) is 0 Å². The van der Waals surface area contributed by atoms with Crippen LogP contribution >= 0.6 is 0 Å². The lowest BCUT2D eigenvalue weighted by Gasteiger charge is -2.28. The van der Waals surface area contributed by atoms with Gasteiger partial charge in [-0.3, -0.25) is 0 Å². The molecule has 0 radical (unpaired) electrons. The summed E-state index contributed by atoms with van der Waals surface area (Å²) in [5, 5.41) is 3.50. The quantitative estimate of drug-likeness (QED) is 0.660. The first-order chi connectivity index (χ1) is 5.23. The fraction of sp³-hybridized carbons (Fsp3) is 1.00. The van der Waals surface area contributed by atoms with Gasteiger partial charge in [0, 0.05) is 6.54 Å². The van der Waals surface area contributed by atoms with E-state index in [-0.39, 0.29) is 0 Å². The molecule has 0 bridgehead atoms. The summed E-state index contributed by atoms with van der Waals surface area (Å²) in [6, 6.07) is 0. The third kappa shape index (κ3) is 1.76. The van der Waals surface area contributed by atoms with Gasteiger partial charge >= 0.3 is 0 Å². The first-order valence-electron chi connectivity index (χ1n) is 4.93. The highest BCUT2D eigenvalue weighted by Gasteiger charge is 2.35. The fourth-order valence-electron chi connectivity index (χ4n) is 2.14. The van der Waals surface area contributed by atoms with Crippen LogP contribution in [0.1, 0.15) is 40.0 Å². The molecule has 0 spiro atoms. The second-order valence-corrected chi connectivity index (χ2v) is 4.12. The lowest BCUT2D eigenvalue weighted by atomic mass is 9.76. The first kappa shape index (κ1) is 9.05. The van der Waals surface area contributed by atoms with Gasteiger partial charge in [-0.2, -0.15) is 0 Å². The summed E-state index contributed by atoms with van der Waals surface area (Å²) >= 11 is 0. The maximum atomic E-state index is 3.50. The molecule has 0 aromatic heterocycles. The molecule has 1 nitrogen and oxygen atoms in total. The maximum absolute atomic E-state index is 3.50. The largest absolute Gasteiger partial charge is 0.316 e. The van der Waals surface area contributed by atoms with Gasteiger partial charge in [0.05, 0.1) is 0 Å². The Morgan fingerprint density at radius 3 is 2.73 bits per heavy atom. The van der Waals surface area contributed by atoms with E-state index in [0.29, 0.717) is 5.41 Å². The lowest BCUT2D eigenvalue weighted by Crippen LogP contribution is -2.25. The molecule has 0 aliphatic carbocycles. The molecular weight excluding hydrogens is 134 g/mol. The minimum atomic E-state index is 0.593. The third-order valence-corrected chi connectivity index (χ3v) is 3.35. The minimum absolute atomic E-state index is 0.593. The van der Waals surface area contributed by atoms with Gasteiger partial charge in [0.15, 0.2) is 0 Å². The second kappa shape index (κ2) is 3.57. The van der Waals surface area contributed by atoms with Crippen LogP contribution in [0.4, 0.5) is 0 Å². The summed E-state index contributed by atoms with van der Waals surface area (Å²) in [5.41, 5.74) is 0.593. The highest BCUT2D eigenvalue weighted by atomic mass is 14.9. The van der Waals surface area contributed by atoms with Gasteiger partial charge in [-0.25, -0.2) is 0 Å². The standard InChI is InChI=1S/C10H21N/c1-4-6-9-7-11-8-10(9,3)5-2/h9,11H,4-8H2,1-3H3. The van der Waals surface area contributed by atoms with Crippen molar-refractivity contribution in [2.24, 2.45) is 11.3 Å². The van der Waals surface area contributed by atoms with Gasteiger partial charge in [0.1, 0.15) is 0 Å². The molecule has 1 aliphatic rings. The summed E-state index contributed by atoms with van der Waals surface area (Å²) < 4.78 is 0. The zero-order chi connectivity index (χ0) is 8.32. The monoisotopic (exact) mass is 155 g/mol. The molecular formula is C10H21N. The Hall–Kier alpha value is -0.0400. The molecule has 0 amide bonds. The molecule has 2 atom stereocenters. The molecule has 11 heavy (non-hydrogen) atoms. The Bertz CT molecular complexity index is 122. The second-order valence-electron chi connectivity index (χ2n) is 4.12. The van der Waals surface area contributed by atoms with Gasteiger partial charge in [-0.05, 0) is 30.7 Å². The minimum Gasteiger partial charge on any atom is -0.316 e. The smallest absolute Gasteiger partial charge is 0.000831 e. The fourth-order valence-corrected chi connectivity index (χ4v) is 2.14. The van der Waals surface area contributed by atoms with Crippen LogP contribution in [-0.2, 0) is 0 Å². The summed E-state index contributed by atoms with van der Waals surface area (Å²) in [7, 11) is 0. The predicted molar refractivity (Wildman–Crippen MR) is 49.7 cm³/mol. The highest BCUT2D eigenvalue weighted by Crippen LogP contribution is 2.36. The molecule has 1 heteroatoms. The Labute approximate surface area is 70.6 Å². The van der Waals surface area contributed by atoms with E-state index in [1.165, 1.54) is 32.4 Å². The van der Waals surface area contributed by atoms with E-state index in [2.05, 4.69) is 26.1 Å². The topological polar surface area (TPSA) is 12.0 Å². The van der Waals surface area contributed by atoms with Crippen molar-refractivity contribution in [3.63, 3.8) is 0 Å². The van der Waals surface area contributed by atoms with Crippen LogP contribution in [0.2, 0.25) is 0 Å². The van der Waals surface area contributed by atoms with E-state index in [9.17, 15) is 0 Å². The molecule has 1 rings (SSSR count). The van der Waals surface area contributed by atoms with E-state index >= 15 is 0 Å². The molecule has 0 aromatic rings. The summed E-state index contributed by atoms with van der Waals surface area (Å²) in [5.74, 6) is 0.928. The molecule has 0 aromatic carbocycles. The molecule has 2 unspecified atom stereocenters. The Morgan fingerprint density at radius 1 is 1.45 bits per heavy atom. The number of hydrogen-bond acceptors (Lipinski definition) is 1. The maximum Gasteiger partial charge on any atom is 0.000831 e. The average Bonchev–Trinajstić information content (AvgIpc) is 2.35. The van der Waals surface area contributed by atoms with Gasteiger partial charge < -0.3 is 5.32 Å². The van der Waals surface area contributed by atoms with Gasteiger partial charge in [-0.1, -0.05) is 27.2 Å². The number of rotatable bonds is 3. The van der Waals surface area contributed by atoms with Crippen molar-refractivity contribution < 1.29 is 0 Å². The number of hydrogen-bond donors (Lipinski definition) is 1. The molecule has 1 heterocycles. The molecule has 1 saturated heterocycles. The van der Waals surface area contributed by atoms with Crippen LogP contribution < -0.4 is 5.32 Å². The van der Waals surface area contributed by atoms with Crippen LogP contribution in [0.15, 0.2) is 0 Å². The highest BCUT2D eigenvalue weighted by molar-refractivity contribution is 4.90. The number of nitrogens with one attached hydrogen (secondary N) is 1. The normalized spacial score (nSPS) is 37.9. The Balaban J connectivity index is 2.49. The Kier molecular flexibility index (Phi) is 2.94. The van der Waals surface area contributed by atoms with Crippen molar-refractivity contribution in [3.05, 3.63) is 0 Å². The van der Waals surface area contributed by atoms with Crippen molar-refractivity contribution in [3.8, 4) is 0 Å². The summed E-state index contributed by atoms with van der Waals surface area (Å²) in [4.78, 5) is 0. The van der Waals surface area contributed by atoms with Crippen molar-refractivity contribution in [1.82, 2.24) is 5.32 Å². The summed E-state index contributed by atoms with van der Waals surface area (Å²) in [6.45, 7) is 9.50. The summed E-state index contributed by atoms with van der Waals surface area (Å²) in [6.07, 6.45) is 4.06.